The molecule has 1 heterocycles. The van der Waals surface area contributed by atoms with Crippen LogP contribution in [-0.2, 0) is 14.3 Å². The molecule has 0 radical (unpaired) electrons. The first-order chi connectivity index (χ1) is 13.8. The first-order valence-corrected chi connectivity index (χ1v) is 10.1. The summed E-state index contributed by atoms with van der Waals surface area (Å²) in [6, 6.07) is 5.44. The van der Waals surface area contributed by atoms with Crippen LogP contribution in [0.3, 0.4) is 0 Å². The Morgan fingerprint density at radius 2 is 1.80 bits per heavy atom. The second-order valence-corrected chi connectivity index (χ2v) is 9.52. The number of carbonyl (C=O) groups is 3. The monoisotopic (exact) mass is 421 g/mol. The minimum atomic E-state index is -0.643. The Morgan fingerprint density at radius 1 is 1.13 bits per heavy atom. The maximum absolute atomic E-state index is 13.8. The molecule has 8 heteroatoms. The summed E-state index contributed by atoms with van der Waals surface area (Å²) in [6.45, 7) is 11.2. The number of ether oxygens (including phenoxy) is 1. The van der Waals surface area contributed by atoms with Gasteiger partial charge in [-0.1, -0.05) is 32.9 Å². The Bertz CT molecular complexity index is 798. The molecular weight excluding hydrogens is 389 g/mol. The van der Waals surface area contributed by atoms with E-state index in [0.29, 0.717) is 12.1 Å². The summed E-state index contributed by atoms with van der Waals surface area (Å²) in [4.78, 5) is 40.6. The summed E-state index contributed by atoms with van der Waals surface area (Å²) in [5.41, 5.74) is -0.674. The number of amides is 3. The van der Waals surface area contributed by atoms with Gasteiger partial charge in [0, 0.05) is 25.0 Å². The average Bonchev–Trinajstić information content (AvgIpc) is 2.63. The molecule has 30 heavy (non-hydrogen) atoms. The van der Waals surface area contributed by atoms with Crippen molar-refractivity contribution in [1.29, 1.82) is 0 Å². The standard InChI is InChI=1S/C22H32FN3O4/c1-21(2,3)19(28)24-13-18(27)26-11-10-25(20(29)30-22(4,5)6)14-17(26)15-8-7-9-16(23)12-15/h7-9,12,17H,10-11,13-14H2,1-6H3,(H,24,28). The SMILES string of the molecule is CC(C)(C)OC(=O)N1CCN(C(=O)CNC(=O)C(C)(C)C)C(c2cccc(F)c2)C1. The molecule has 0 aliphatic carbocycles. The molecule has 0 spiro atoms. The zero-order valence-electron chi connectivity index (χ0n) is 18.6. The number of hydrogen-bond donors (Lipinski definition) is 1. The van der Waals surface area contributed by atoms with Crippen LogP contribution in [-0.4, -0.2) is 59.5 Å². The third kappa shape index (κ3) is 6.43. The second-order valence-electron chi connectivity index (χ2n) is 9.52. The largest absolute Gasteiger partial charge is 0.444 e. The van der Waals surface area contributed by atoms with Gasteiger partial charge < -0.3 is 19.9 Å². The van der Waals surface area contributed by atoms with Gasteiger partial charge in [0.05, 0.1) is 12.6 Å². The molecule has 1 aromatic rings. The van der Waals surface area contributed by atoms with Gasteiger partial charge in [0.25, 0.3) is 0 Å². The average molecular weight is 422 g/mol. The van der Waals surface area contributed by atoms with E-state index in [9.17, 15) is 18.8 Å². The highest BCUT2D eigenvalue weighted by atomic mass is 19.1. The van der Waals surface area contributed by atoms with Crippen molar-refractivity contribution in [3.05, 3.63) is 35.6 Å². The van der Waals surface area contributed by atoms with Crippen molar-refractivity contribution in [3.63, 3.8) is 0 Å². The molecule has 166 valence electrons. The molecule has 1 aromatic carbocycles. The number of benzene rings is 1. The quantitative estimate of drug-likeness (QED) is 0.813. The van der Waals surface area contributed by atoms with Crippen molar-refractivity contribution >= 4 is 17.9 Å². The second kappa shape index (κ2) is 9.02. The van der Waals surface area contributed by atoms with Crippen LogP contribution in [0, 0.1) is 11.2 Å². The molecule has 1 atom stereocenters. The Balaban J connectivity index is 2.19. The van der Waals surface area contributed by atoms with Crippen LogP contribution in [0.5, 0.6) is 0 Å². The number of carbonyl (C=O) groups excluding carboxylic acids is 3. The van der Waals surface area contributed by atoms with Crippen molar-refractivity contribution in [2.24, 2.45) is 5.41 Å². The Kier molecular flexibility index (Phi) is 7.10. The van der Waals surface area contributed by atoms with Gasteiger partial charge in [-0.15, -0.1) is 0 Å². The molecule has 1 aliphatic heterocycles. The predicted molar refractivity (Wildman–Crippen MR) is 111 cm³/mol. The highest BCUT2D eigenvalue weighted by molar-refractivity contribution is 5.87. The van der Waals surface area contributed by atoms with Crippen molar-refractivity contribution in [1.82, 2.24) is 15.1 Å². The van der Waals surface area contributed by atoms with E-state index in [1.807, 2.05) is 0 Å². The zero-order chi connectivity index (χ0) is 22.7. The maximum Gasteiger partial charge on any atom is 0.410 e. The Morgan fingerprint density at radius 3 is 2.37 bits per heavy atom. The predicted octanol–water partition coefficient (Wildman–Crippen LogP) is 3.11. The number of rotatable bonds is 3. The van der Waals surface area contributed by atoms with E-state index in [4.69, 9.17) is 4.74 Å². The number of halogens is 1. The Labute approximate surface area is 177 Å². The molecule has 2 rings (SSSR count). The highest BCUT2D eigenvalue weighted by Crippen LogP contribution is 2.27. The minimum Gasteiger partial charge on any atom is -0.444 e. The summed E-state index contributed by atoms with van der Waals surface area (Å²) in [6.07, 6.45) is -0.475. The summed E-state index contributed by atoms with van der Waals surface area (Å²) in [7, 11) is 0. The molecule has 1 N–H and O–H groups in total. The van der Waals surface area contributed by atoms with E-state index >= 15 is 0 Å². The van der Waals surface area contributed by atoms with E-state index in [-0.39, 0.29) is 31.4 Å². The van der Waals surface area contributed by atoms with Crippen molar-refractivity contribution in [3.8, 4) is 0 Å². The van der Waals surface area contributed by atoms with Crippen LogP contribution in [0.25, 0.3) is 0 Å². The first-order valence-electron chi connectivity index (χ1n) is 10.1. The van der Waals surface area contributed by atoms with Crippen molar-refractivity contribution in [2.75, 3.05) is 26.2 Å². The molecule has 0 bridgehead atoms. The van der Waals surface area contributed by atoms with Gasteiger partial charge in [0.15, 0.2) is 0 Å². The van der Waals surface area contributed by atoms with Gasteiger partial charge in [-0.05, 0) is 38.5 Å². The molecule has 1 aliphatic rings. The van der Waals surface area contributed by atoms with Crippen LogP contribution in [0.4, 0.5) is 9.18 Å². The van der Waals surface area contributed by atoms with E-state index in [0.717, 1.165) is 0 Å². The van der Waals surface area contributed by atoms with Gasteiger partial charge in [0.1, 0.15) is 11.4 Å². The highest BCUT2D eigenvalue weighted by Gasteiger charge is 2.35. The molecule has 1 unspecified atom stereocenters. The summed E-state index contributed by atoms with van der Waals surface area (Å²) < 4.78 is 19.3. The fourth-order valence-electron chi connectivity index (χ4n) is 3.10. The Hall–Kier alpha value is -2.64. The lowest BCUT2D eigenvalue weighted by Crippen LogP contribution is -2.55. The fraction of sp³-hybridized carbons (Fsp3) is 0.591. The zero-order valence-corrected chi connectivity index (χ0v) is 18.6. The lowest BCUT2D eigenvalue weighted by atomic mass is 9.96. The number of piperazine rings is 1. The molecule has 7 nitrogen and oxygen atoms in total. The van der Waals surface area contributed by atoms with Gasteiger partial charge in [-0.25, -0.2) is 9.18 Å². The van der Waals surface area contributed by atoms with Crippen LogP contribution >= 0.6 is 0 Å². The fourth-order valence-corrected chi connectivity index (χ4v) is 3.10. The van der Waals surface area contributed by atoms with Crippen molar-refractivity contribution in [2.45, 2.75) is 53.2 Å². The number of nitrogens with one attached hydrogen (secondary N) is 1. The molecule has 0 aromatic heterocycles. The topological polar surface area (TPSA) is 79.0 Å². The van der Waals surface area contributed by atoms with E-state index in [1.54, 1.807) is 58.6 Å². The summed E-state index contributed by atoms with van der Waals surface area (Å²) >= 11 is 0. The normalized spacial score (nSPS) is 17.5. The third-order valence-corrected chi connectivity index (χ3v) is 4.67. The molecule has 1 fully saturated rings. The molecular formula is C22H32FN3O4. The smallest absolute Gasteiger partial charge is 0.410 e. The van der Waals surface area contributed by atoms with Gasteiger partial charge in [-0.2, -0.15) is 0 Å². The van der Waals surface area contributed by atoms with Crippen LogP contribution in [0.15, 0.2) is 24.3 Å². The number of nitrogens with zero attached hydrogens (tertiary/aromatic N) is 2. The van der Waals surface area contributed by atoms with Gasteiger partial charge >= 0.3 is 6.09 Å². The first kappa shape index (κ1) is 23.6. The van der Waals surface area contributed by atoms with Gasteiger partial charge in [-0.3, -0.25) is 9.59 Å². The van der Waals surface area contributed by atoms with Crippen LogP contribution < -0.4 is 5.32 Å². The van der Waals surface area contributed by atoms with Crippen molar-refractivity contribution < 1.29 is 23.5 Å². The minimum absolute atomic E-state index is 0.158. The van der Waals surface area contributed by atoms with Crippen LogP contribution in [0.2, 0.25) is 0 Å². The molecule has 3 amide bonds. The van der Waals surface area contributed by atoms with E-state index in [2.05, 4.69) is 5.32 Å². The lowest BCUT2D eigenvalue weighted by Gasteiger charge is -2.42. The lowest BCUT2D eigenvalue weighted by molar-refractivity contribution is -0.138. The van der Waals surface area contributed by atoms with E-state index in [1.165, 1.54) is 17.0 Å². The third-order valence-electron chi connectivity index (χ3n) is 4.67. The number of hydrogen-bond acceptors (Lipinski definition) is 4. The summed E-state index contributed by atoms with van der Waals surface area (Å²) in [5.74, 6) is -0.938. The summed E-state index contributed by atoms with van der Waals surface area (Å²) in [5, 5.41) is 2.66. The van der Waals surface area contributed by atoms with E-state index < -0.39 is 29.0 Å². The molecule has 1 saturated heterocycles. The maximum atomic E-state index is 13.8. The van der Waals surface area contributed by atoms with Crippen LogP contribution in [0.1, 0.15) is 53.1 Å². The van der Waals surface area contributed by atoms with Gasteiger partial charge in [0.2, 0.25) is 11.8 Å². The molecule has 0 saturated carbocycles.